The second-order valence-electron chi connectivity index (χ2n) is 4.45. The van der Waals surface area contributed by atoms with Crippen molar-refractivity contribution in [1.82, 2.24) is 8.61 Å². The van der Waals surface area contributed by atoms with Crippen LogP contribution < -0.4 is 0 Å². The van der Waals surface area contributed by atoms with Gasteiger partial charge in [-0.3, -0.25) is 4.79 Å². The smallest absolute Gasteiger partial charge is 0.322 e. The van der Waals surface area contributed by atoms with Crippen LogP contribution in [0.15, 0.2) is 0 Å². The van der Waals surface area contributed by atoms with E-state index < -0.39 is 22.2 Å². The standard InChI is InChI=1S/C11H22N2O5S/c1-3-12(8-9-18-2)19(16,17)13-7-5-4-6-10(13)11(14)15/h10H,3-9H2,1-2H3,(H,14,15). The number of carboxylic acid groups (broad SMARTS) is 1. The maximum atomic E-state index is 12.5. The van der Waals surface area contributed by atoms with E-state index in [9.17, 15) is 13.2 Å². The highest BCUT2D eigenvalue weighted by Gasteiger charge is 2.39. The van der Waals surface area contributed by atoms with Gasteiger partial charge in [-0.05, 0) is 19.3 Å². The zero-order valence-electron chi connectivity index (χ0n) is 11.4. The molecule has 0 saturated carbocycles. The number of piperidine rings is 1. The number of hydrogen-bond donors (Lipinski definition) is 1. The lowest BCUT2D eigenvalue weighted by atomic mass is 10.1. The van der Waals surface area contributed by atoms with E-state index in [-0.39, 0.29) is 13.1 Å². The fraction of sp³-hybridized carbons (Fsp3) is 0.909. The zero-order valence-corrected chi connectivity index (χ0v) is 12.2. The molecule has 1 fully saturated rings. The summed E-state index contributed by atoms with van der Waals surface area (Å²) in [6, 6.07) is -0.949. The van der Waals surface area contributed by atoms with Crippen molar-refractivity contribution in [3.8, 4) is 0 Å². The lowest BCUT2D eigenvalue weighted by Gasteiger charge is -2.35. The van der Waals surface area contributed by atoms with E-state index in [0.29, 0.717) is 26.0 Å². The van der Waals surface area contributed by atoms with E-state index in [2.05, 4.69) is 0 Å². The van der Waals surface area contributed by atoms with Gasteiger partial charge in [0.1, 0.15) is 6.04 Å². The number of hydrogen-bond acceptors (Lipinski definition) is 4. The third-order valence-electron chi connectivity index (χ3n) is 3.26. The SMILES string of the molecule is CCN(CCOC)S(=O)(=O)N1CCCCC1C(=O)O. The molecule has 112 valence electrons. The Balaban J connectivity index is 2.91. The van der Waals surface area contributed by atoms with Gasteiger partial charge in [0.05, 0.1) is 6.61 Å². The van der Waals surface area contributed by atoms with Crippen LogP contribution in [0.1, 0.15) is 26.2 Å². The highest BCUT2D eigenvalue weighted by molar-refractivity contribution is 7.86. The molecule has 1 N–H and O–H groups in total. The highest BCUT2D eigenvalue weighted by Crippen LogP contribution is 2.22. The lowest BCUT2D eigenvalue weighted by Crippen LogP contribution is -2.53. The molecule has 1 saturated heterocycles. The molecule has 0 aliphatic carbocycles. The first-order valence-corrected chi connectivity index (χ1v) is 7.83. The monoisotopic (exact) mass is 294 g/mol. The van der Waals surface area contributed by atoms with Gasteiger partial charge in [-0.2, -0.15) is 17.0 Å². The molecule has 1 atom stereocenters. The minimum atomic E-state index is -3.73. The van der Waals surface area contributed by atoms with Crippen molar-refractivity contribution < 1.29 is 23.1 Å². The number of ether oxygens (including phenoxy) is 1. The Bertz CT molecular complexity index is 398. The van der Waals surface area contributed by atoms with Gasteiger partial charge in [0.25, 0.3) is 10.2 Å². The van der Waals surface area contributed by atoms with Gasteiger partial charge in [0.15, 0.2) is 0 Å². The predicted molar refractivity (Wildman–Crippen MR) is 70.0 cm³/mol. The first-order chi connectivity index (χ1) is 8.95. The van der Waals surface area contributed by atoms with Gasteiger partial charge in [0, 0.05) is 26.7 Å². The average molecular weight is 294 g/mol. The van der Waals surface area contributed by atoms with Gasteiger partial charge in [-0.1, -0.05) is 6.92 Å². The molecule has 0 radical (unpaired) electrons. The number of carbonyl (C=O) groups is 1. The molecule has 1 aliphatic rings. The van der Waals surface area contributed by atoms with Crippen LogP contribution in [0.5, 0.6) is 0 Å². The molecule has 1 rings (SSSR count). The number of nitrogens with zero attached hydrogens (tertiary/aromatic N) is 2. The van der Waals surface area contributed by atoms with Crippen molar-refractivity contribution >= 4 is 16.2 Å². The lowest BCUT2D eigenvalue weighted by molar-refractivity contribution is -0.142. The fourth-order valence-corrected chi connectivity index (χ4v) is 4.01. The first kappa shape index (κ1) is 16.4. The second kappa shape index (κ2) is 7.18. The fourth-order valence-electron chi connectivity index (χ4n) is 2.21. The molecular weight excluding hydrogens is 272 g/mol. The Hall–Kier alpha value is -0.700. The van der Waals surface area contributed by atoms with Crippen molar-refractivity contribution in [3.63, 3.8) is 0 Å². The third kappa shape index (κ3) is 3.88. The topological polar surface area (TPSA) is 87.2 Å². The van der Waals surface area contributed by atoms with Crippen LogP contribution in [-0.2, 0) is 19.7 Å². The Kier molecular flexibility index (Phi) is 6.18. The number of aliphatic carboxylic acids is 1. The van der Waals surface area contributed by atoms with Crippen molar-refractivity contribution in [3.05, 3.63) is 0 Å². The van der Waals surface area contributed by atoms with E-state index in [4.69, 9.17) is 9.84 Å². The average Bonchev–Trinajstić information content (AvgIpc) is 2.39. The zero-order chi connectivity index (χ0) is 14.5. The van der Waals surface area contributed by atoms with Gasteiger partial charge >= 0.3 is 5.97 Å². The molecule has 0 aromatic rings. The summed E-state index contributed by atoms with van der Waals surface area (Å²) in [5.74, 6) is -1.08. The minimum Gasteiger partial charge on any atom is -0.480 e. The maximum Gasteiger partial charge on any atom is 0.322 e. The van der Waals surface area contributed by atoms with Crippen LogP contribution >= 0.6 is 0 Å². The molecule has 0 aromatic carbocycles. The Labute approximate surface area is 114 Å². The largest absolute Gasteiger partial charge is 0.480 e. The quantitative estimate of drug-likeness (QED) is 0.721. The molecule has 8 heteroatoms. The summed E-state index contributed by atoms with van der Waals surface area (Å²) in [5, 5.41) is 9.15. The van der Waals surface area contributed by atoms with Crippen LogP contribution in [-0.4, -0.2) is 67.5 Å². The van der Waals surface area contributed by atoms with E-state index in [1.807, 2.05) is 0 Å². The third-order valence-corrected chi connectivity index (χ3v) is 5.38. The van der Waals surface area contributed by atoms with Gasteiger partial charge < -0.3 is 9.84 Å². The molecule has 0 aromatic heterocycles. The van der Waals surface area contributed by atoms with Crippen LogP contribution in [0.25, 0.3) is 0 Å². The normalized spacial score (nSPS) is 21.7. The molecule has 0 spiro atoms. The Morgan fingerprint density at radius 2 is 2.16 bits per heavy atom. The molecule has 7 nitrogen and oxygen atoms in total. The first-order valence-electron chi connectivity index (χ1n) is 6.43. The molecular formula is C11H22N2O5S. The van der Waals surface area contributed by atoms with E-state index in [1.54, 1.807) is 6.92 Å². The highest BCUT2D eigenvalue weighted by atomic mass is 32.2. The minimum absolute atomic E-state index is 0.234. The summed E-state index contributed by atoms with van der Waals surface area (Å²) < 4.78 is 32.2. The molecule has 0 bridgehead atoms. The van der Waals surface area contributed by atoms with Gasteiger partial charge in [0.2, 0.25) is 0 Å². The van der Waals surface area contributed by atoms with Crippen molar-refractivity contribution in [2.75, 3.05) is 33.4 Å². The summed E-state index contributed by atoms with van der Waals surface area (Å²) in [4.78, 5) is 11.2. The number of carboxylic acids is 1. The second-order valence-corrected chi connectivity index (χ2v) is 6.33. The summed E-state index contributed by atoms with van der Waals surface area (Å²) in [5.41, 5.74) is 0. The van der Waals surface area contributed by atoms with E-state index >= 15 is 0 Å². The molecule has 1 heterocycles. The van der Waals surface area contributed by atoms with E-state index in [0.717, 1.165) is 10.7 Å². The van der Waals surface area contributed by atoms with E-state index in [1.165, 1.54) is 11.4 Å². The molecule has 19 heavy (non-hydrogen) atoms. The van der Waals surface area contributed by atoms with Crippen molar-refractivity contribution in [2.24, 2.45) is 0 Å². The van der Waals surface area contributed by atoms with Crippen LogP contribution in [0, 0.1) is 0 Å². The molecule has 0 amide bonds. The van der Waals surface area contributed by atoms with Gasteiger partial charge in [-0.15, -0.1) is 0 Å². The number of likely N-dealkylation sites (N-methyl/N-ethyl adjacent to an activating group) is 1. The van der Waals surface area contributed by atoms with Crippen molar-refractivity contribution in [1.29, 1.82) is 0 Å². The summed E-state index contributed by atoms with van der Waals surface area (Å²) >= 11 is 0. The van der Waals surface area contributed by atoms with Gasteiger partial charge in [-0.25, -0.2) is 0 Å². The van der Waals surface area contributed by atoms with Crippen LogP contribution in [0.3, 0.4) is 0 Å². The Morgan fingerprint density at radius 1 is 1.47 bits per heavy atom. The molecule has 1 unspecified atom stereocenters. The maximum absolute atomic E-state index is 12.5. The summed E-state index contributed by atoms with van der Waals surface area (Å²) in [6.45, 7) is 2.82. The number of methoxy groups -OCH3 is 1. The Morgan fingerprint density at radius 3 is 2.68 bits per heavy atom. The van der Waals surface area contributed by atoms with Crippen molar-refractivity contribution in [2.45, 2.75) is 32.2 Å². The molecule has 1 aliphatic heterocycles. The van der Waals surface area contributed by atoms with Crippen LogP contribution in [0.4, 0.5) is 0 Å². The predicted octanol–water partition coefficient (Wildman–Crippen LogP) is 0.139. The number of rotatable bonds is 7. The summed E-state index contributed by atoms with van der Waals surface area (Å²) in [6.07, 6.45) is 1.81. The summed E-state index contributed by atoms with van der Waals surface area (Å²) in [7, 11) is -2.23. The van der Waals surface area contributed by atoms with Crippen LogP contribution in [0.2, 0.25) is 0 Å².